The van der Waals surface area contributed by atoms with Crippen LogP contribution < -0.4 is 4.90 Å². The molecule has 1 aromatic carbocycles. The van der Waals surface area contributed by atoms with E-state index in [-0.39, 0.29) is 0 Å². The van der Waals surface area contributed by atoms with Crippen molar-refractivity contribution in [2.45, 2.75) is 31.5 Å². The first kappa shape index (κ1) is 15.9. The van der Waals surface area contributed by atoms with Gasteiger partial charge in [-0.05, 0) is 30.5 Å². The standard InChI is InChI=1S/C17H16F3N5/c1-24(10-11-2-6-13(7-3-11)17(18,19)20)15-16-23-22-14(12-4-5-12)25(16)9-8-21-15/h2-3,6-9,12H,4-5,10H2,1H3. The molecule has 2 aromatic heterocycles. The molecule has 0 aliphatic heterocycles. The molecule has 8 heteroatoms. The second-order valence-electron chi connectivity index (χ2n) is 6.33. The summed E-state index contributed by atoms with van der Waals surface area (Å²) in [6.45, 7) is 0.427. The summed E-state index contributed by atoms with van der Waals surface area (Å²) in [6.07, 6.45) is 1.47. The Hall–Kier alpha value is -2.64. The number of benzene rings is 1. The molecule has 1 fully saturated rings. The SMILES string of the molecule is CN(Cc1ccc(C(F)(F)F)cc1)c1nccn2c(C3CC3)nnc12. The van der Waals surface area contributed by atoms with Crippen LogP contribution in [0.2, 0.25) is 0 Å². The summed E-state index contributed by atoms with van der Waals surface area (Å²) in [6, 6.07) is 5.16. The van der Waals surface area contributed by atoms with E-state index in [4.69, 9.17) is 0 Å². The van der Waals surface area contributed by atoms with Gasteiger partial charge in [0.05, 0.1) is 5.56 Å². The molecule has 0 amide bonds. The average molecular weight is 347 g/mol. The van der Waals surface area contributed by atoms with Crippen LogP contribution >= 0.6 is 0 Å². The smallest absolute Gasteiger partial charge is 0.352 e. The molecule has 0 radical (unpaired) electrons. The molecule has 0 saturated heterocycles. The molecule has 2 heterocycles. The van der Waals surface area contributed by atoms with Crippen molar-refractivity contribution in [1.82, 2.24) is 19.6 Å². The first-order valence-corrected chi connectivity index (χ1v) is 8.00. The molecule has 5 nitrogen and oxygen atoms in total. The number of anilines is 1. The van der Waals surface area contributed by atoms with Gasteiger partial charge in [-0.25, -0.2) is 4.98 Å². The van der Waals surface area contributed by atoms with E-state index < -0.39 is 11.7 Å². The van der Waals surface area contributed by atoms with Crippen LogP contribution in [0.25, 0.3) is 5.65 Å². The summed E-state index contributed by atoms with van der Waals surface area (Å²) < 4.78 is 39.9. The van der Waals surface area contributed by atoms with Gasteiger partial charge in [0.1, 0.15) is 5.82 Å². The Balaban J connectivity index is 1.59. The molecule has 0 spiro atoms. The van der Waals surface area contributed by atoms with Gasteiger partial charge < -0.3 is 4.90 Å². The third-order valence-electron chi connectivity index (χ3n) is 4.34. The van der Waals surface area contributed by atoms with Crippen molar-refractivity contribution in [3.63, 3.8) is 0 Å². The molecule has 1 aliphatic carbocycles. The minimum atomic E-state index is -4.32. The Labute approximate surface area is 142 Å². The van der Waals surface area contributed by atoms with Crippen LogP contribution in [0.1, 0.15) is 35.7 Å². The predicted molar refractivity (Wildman–Crippen MR) is 86.3 cm³/mol. The lowest BCUT2D eigenvalue weighted by atomic mass is 10.1. The zero-order valence-corrected chi connectivity index (χ0v) is 13.5. The molecule has 4 rings (SSSR count). The number of fused-ring (bicyclic) bond motifs is 1. The predicted octanol–water partition coefficient (Wildman–Crippen LogP) is 3.66. The number of halogens is 3. The number of alkyl halides is 3. The molecule has 0 N–H and O–H groups in total. The summed E-state index contributed by atoms with van der Waals surface area (Å²) in [4.78, 5) is 6.24. The maximum Gasteiger partial charge on any atom is 0.416 e. The van der Waals surface area contributed by atoms with Crippen molar-refractivity contribution < 1.29 is 13.2 Å². The molecule has 25 heavy (non-hydrogen) atoms. The minimum Gasteiger partial charge on any atom is -0.352 e. The van der Waals surface area contributed by atoms with Crippen LogP contribution in [0.5, 0.6) is 0 Å². The maximum atomic E-state index is 12.7. The van der Waals surface area contributed by atoms with Crippen LogP contribution in [0.3, 0.4) is 0 Å². The Bertz CT molecular complexity index is 897. The van der Waals surface area contributed by atoms with Gasteiger partial charge in [-0.1, -0.05) is 12.1 Å². The fraction of sp³-hybridized carbons (Fsp3) is 0.353. The molecular formula is C17H16F3N5. The first-order chi connectivity index (χ1) is 11.9. The van der Waals surface area contributed by atoms with Gasteiger partial charge in [0.25, 0.3) is 0 Å². The number of nitrogens with zero attached hydrogens (tertiary/aromatic N) is 5. The topological polar surface area (TPSA) is 46.3 Å². The van der Waals surface area contributed by atoms with Crippen molar-refractivity contribution in [2.24, 2.45) is 0 Å². The number of hydrogen-bond acceptors (Lipinski definition) is 4. The molecule has 1 saturated carbocycles. The second kappa shape index (κ2) is 5.72. The van der Waals surface area contributed by atoms with E-state index in [2.05, 4.69) is 15.2 Å². The largest absolute Gasteiger partial charge is 0.416 e. The van der Waals surface area contributed by atoms with E-state index in [0.717, 1.165) is 36.4 Å². The van der Waals surface area contributed by atoms with Gasteiger partial charge in [0, 0.05) is 31.9 Å². The van der Waals surface area contributed by atoms with E-state index in [0.29, 0.717) is 23.9 Å². The Kier molecular flexibility index (Phi) is 3.63. The third-order valence-corrected chi connectivity index (χ3v) is 4.34. The summed E-state index contributed by atoms with van der Waals surface area (Å²) in [5.41, 5.74) is 0.783. The second-order valence-corrected chi connectivity index (χ2v) is 6.33. The fourth-order valence-corrected chi connectivity index (χ4v) is 2.87. The molecule has 0 unspecified atom stereocenters. The highest BCUT2D eigenvalue weighted by atomic mass is 19.4. The van der Waals surface area contributed by atoms with Crippen molar-refractivity contribution >= 4 is 11.5 Å². The van der Waals surface area contributed by atoms with Crippen LogP contribution in [0.4, 0.5) is 19.0 Å². The van der Waals surface area contributed by atoms with E-state index in [1.807, 2.05) is 22.5 Å². The van der Waals surface area contributed by atoms with E-state index in [1.165, 1.54) is 12.1 Å². The van der Waals surface area contributed by atoms with Gasteiger partial charge in [-0.2, -0.15) is 13.2 Å². The van der Waals surface area contributed by atoms with Gasteiger partial charge in [-0.3, -0.25) is 4.40 Å². The average Bonchev–Trinajstić information content (AvgIpc) is 3.33. The molecular weight excluding hydrogens is 331 g/mol. The highest BCUT2D eigenvalue weighted by Gasteiger charge is 2.30. The molecule has 3 aromatic rings. The van der Waals surface area contributed by atoms with Gasteiger partial charge in [-0.15, -0.1) is 10.2 Å². The number of rotatable bonds is 4. The third kappa shape index (κ3) is 3.04. The minimum absolute atomic E-state index is 0.427. The highest BCUT2D eigenvalue weighted by Crippen LogP contribution is 2.39. The van der Waals surface area contributed by atoms with Gasteiger partial charge in [0.2, 0.25) is 5.65 Å². The summed E-state index contributed by atoms with van der Waals surface area (Å²) in [5, 5.41) is 8.52. The fourth-order valence-electron chi connectivity index (χ4n) is 2.87. The molecule has 130 valence electrons. The van der Waals surface area contributed by atoms with E-state index >= 15 is 0 Å². The van der Waals surface area contributed by atoms with Crippen molar-refractivity contribution in [1.29, 1.82) is 0 Å². The summed E-state index contributed by atoms with van der Waals surface area (Å²) >= 11 is 0. The Morgan fingerprint density at radius 3 is 2.52 bits per heavy atom. The quantitative estimate of drug-likeness (QED) is 0.723. The van der Waals surface area contributed by atoms with E-state index in [9.17, 15) is 13.2 Å². The Morgan fingerprint density at radius 1 is 1.16 bits per heavy atom. The molecule has 0 atom stereocenters. The number of aromatic nitrogens is 4. The van der Waals surface area contributed by atoms with E-state index in [1.54, 1.807) is 6.20 Å². The molecule has 0 bridgehead atoms. The van der Waals surface area contributed by atoms with Crippen molar-refractivity contribution in [3.05, 3.63) is 53.6 Å². The van der Waals surface area contributed by atoms with Crippen LogP contribution in [-0.4, -0.2) is 26.6 Å². The van der Waals surface area contributed by atoms with Crippen LogP contribution in [0.15, 0.2) is 36.7 Å². The lowest BCUT2D eigenvalue weighted by molar-refractivity contribution is -0.137. The lowest BCUT2D eigenvalue weighted by Gasteiger charge is -2.19. The zero-order chi connectivity index (χ0) is 17.6. The summed E-state index contributed by atoms with van der Waals surface area (Å²) in [7, 11) is 1.84. The first-order valence-electron chi connectivity index (χ1n) is 8.00. The monoisotopic (exact) mass is 347 g/mol. The van der Waals surface area contributed by atoms with Crippen molar-refractivity contribution in [2.75, 3.05) is 11.9 Å². The van der Waals surface area contributed by atoms with Gasteiger partial charge >= 0.3 is 6.18 Å². The number of hydrogen-bond donors (Lipinski definition) is 0. The molecule has 1 aliphatic rings. The van der Waals surface area contributed by atoms with Crippen molar-refractivity contribution in [3.8, 4) is 0 Å². The van der Waals surface area contributed by atoms with Crippen LogP contribution in [0, 0.1) is 0 Å². The zero-order valence-electron chi connectivity index (χ0n) is 13.5. The lowest BCUT2D eigenvalue weighted by Crippen LogP contribution is -2.19. The Morgan fingerprint density at radius 2 is 1.88 bits per heavy atom. The summed E-state index contributed by atoms with van der Waals surface area (Å²) in [5.74, 6) is 2.06. The van der Waals surface area contributed by atoms with Gasteiger partial charge in [0.15, 0.2) is 5.82 Å². The normalized spacial score (nSPS) is 14.9. The highest BCUT2D eigenvalue weighted by molar-refractivity contribution is 5.63. The maximum absolute atomic E-state index is 12.7. The van der Waals surface area contributed by atoms with Crippen LogP contribution in [-0.2, 0) is 12.7 Å².